The van der Waals surface area contributed by atoms with E-state index in [0.717, 1.165) is 39.4 Å². The van der Waals surface area contributed by atoms with Crippen LogP contribution in [0.25, 0.3) is 89.3 Å². The Morgan fingerprint density at radius 3 is 1.71 bits per heavy atom. The third-order valence-corrected chi connectivity index (χ3v) is 11.4. The molecule has 1 aliphatic rings. The van der Waals surface area contributed by atoms with Crippen molar-refractivity contribution < 1.29 is 0 Å². The molecule has 0 atom stereocenters. The number of fused-ring (bicyclic) bond motifs is 7. The molecule has 55 heavy (non-hydrogen) atoms. The van der Waals surface area contributed by atoms with E-state index in [4.69, 9.17) is 0 Å². The van der Waals surface area contributed by atoms with Crippen molar-refractivity contribution in [3.63, 3.8) is 0 Å². The molecule has 11 rings (SSSR count). The second-order valence-electron chi connectivity index (χ2n) is 14.2. The van der Waals surface area contributed by atoms with E-state index < -0.39 is 0 Å². The molecule has 2 aromatic heterocycles. The van der Waals surface area contributed by atoms with Crippen molar-refractivity contribution in [3.8, 4) is 33.6 Å². The average molecular weight is 702 g/mol. The van der Waals surface area contributed by atoms with Crippen LogP contribution in [-0.2, 0) is 0 Å². The van der Waals surface area contributed by atoms with Gasteiger partial charge in [0, 0.05) is 49.7 Å². The Hall–Kier alpha value is -7.36. The minimum absolute atomic E-state index is 1.04. The van der Waals surface area contributed by atoms with Crippen LogP contribution in [0.4, 0.5) is 17.1 Å². The maximum atomic E-state index is 4.18. The quantitative estimate of drug-likeness (QED) is 0.168. The summed E-state index contributed by atoms with van der Waals surface area (Å²) in [5.74, 6) is 0. The van der Waals surface area contributed by atoms with Crippen molar-refractivity contribution in [1.82, 2.24) is 9.13 Å². The fourth-order valence-electron chi connectivity index (χ4n) is 9.13. The van der Waals surface area contributed by atoms with Gasteiger partial charge in [0.25, 0.3) is 0 Å². The summed E-state index contributed by atoms with van der Waals surface area (Å²) in [6, 6.07) is 63.9. The summed E-state index contributed by atoms with van der Waals surface area (Å²) in [4.78, 5) is 2.49. The molecular weight excluding hydrogens is 667 g/mol. The van der Waals surface area contributed by atoms with Gasteiger partial charge in [-0.2, -0.15) is 0 Å². The molecule has 0 radical (unpaired) electrons. The summed E-state index contributed by atoms with van der Waals surface area (Å²) in [6.07, 6.45) is 3.86. The van der Waals surface area contributed by atoms with Crippen molar-refractivity contribution in [2.24, 2.45) is 0 Å². The molecule has 10 aromatic rings. The standard InChI is InChI=1S/C52H35N3/c1-3-38-40-20-11-13-23-46(40)53(45(38)4-2)36-26-28-37(29-27-36)54-47-24-14-12-21-44(47)51-49(54)33-32-43-42-31-30-39(34-16-7-5-8-17-34)41-22-15-25-48(50(41)42)55(52(43)51)35-18-9-6-10-19-35/h3-33H,1-2H2. The minimum Gasteiger partial charge on any atom is -0.309 e. The number of rotatable bonds is 6. The Balaban J connectivity index is 1.17. The maximum absolute atomic E-state index is 4.18. The summed E-state index contributed by atoms with van der Waals surface area (Å²) < 4.78 is 4.70. The van der Waals surface area contributed by atoms with Crippen molar-refractivity contribution in [2.45, 2.75) is 0 Å². The lowest BCUT2D eigenvalue weighted by atomic mass is 9.86. The lowest BCUT2D eigenvalue weighted by molar-refractivity contribution is 1.09. The van der Waals surface area contributed by atoms with Crippen LogP contribution < -0.4 is 4.90 Å². The minimum atomic E-state index is 1.04. The van der Waals surface area contributed by atoms with Gasteiger partial charge in [0.15, 0.2) is 0 Å². The van der Waals surface area contributed by atoms with Crippen LogP contribution in [0.3, 0.4) is 0 Å². The Kier molecular flexibility index (Phi) is 6.86. The Morgan fingerprint density at radius 2 is 0.982 bits per heavy atom. The molecular formula is C52H35N3. The zero-order chi connectivity index (χ0) is 36.6. The lowest BCUT2D eigenvalue weighted by Crippen LogP contribution is -2.15. The van der Waals surface area contributed by atoms with Crippen LogP contribution in [-0.4, -0.2) is 9.13 Å². The first-order chi connectivity index (χ1) is 27.2. The highest BCUT2D eigenvalue weighted by Crippen LogP contribution is 2.56. The van der Waals surface area contributed by atoms with Crippen LogP contribution in [0, 0.1) is 0 Å². The first-order valence-electron chi connectivity index (χ1n) is 18.8. The molecule has 0 aliphatic carbocycles. The Labute approximate surface area is 319 Å². The molecule has 0 amide bonds. The van der Waals surface area contributed by atoms with Crippen LogP contribution >= 0.6 is 0 Å². The van der Waals surface area contributed by atoms with Crippen molar-refractivity contribution >= 4 is 72.7 Å². The van der Waals surface area contributed by atoms with Crippen molar-refractivity contribution in [3.05, 3.63) is 200 Å². The van der Waals surface area contributed by atoms with Crippen molar-refractivity contribution in [1.29, 1.82) is 0 Å². The number of nitrogens with zero attached hydrogens (tertiary/aromatic N) is 3. The number of anilines is 3. The molecule has 0 spiro atoms. The van der Waals surface area contributed by atoms with Gasteiger partial charge in [-0.1, -0.05) is 134 Å². The largest absolute Gasteiger partial charge is 0.309 e. The van der Waals surface area contributed by atoms with Crippen LogP contribution in [0.5, 0.6) is 0 Å². The fraction of sp³-hybridized carbons (Fsp3) is 0. The van der Waals surface area contributed by atoms with E-state index in [1.54, 1.807) is 0 Å². The first-order valence-corrected chi connectivity index (χ1v) is 18.8. The van der Waals surface area contributed by atoms with Crippen molar-refractivity contribution in [2.75, 3.05) is 4.90 Å². The fourth-order valence-corrected chi connectivity index (χ4v) is 9.13. The van der Waals surface area contributed by atoms with Gasteiger partial charge in [0.2, 0.25) is 0 Å². The molecule has 1 aliphatic heterocycles. The Bertz CT molecular complexity index is 3160. The normalized spacial score (nSPS) is 12.1. The highest BCUT2D eigenvalue weighted by Gasteiger charge is 2.31. The summed E-state index contributed by atoms with van der Waals surface area (Å²) in [5, 5.41) is 6.15. The van der Waals surface area contributed by atoms with E-state index in [9.17, 15) is 0 Å². The van der Waals surface area contributed by atoms with E-state index in [2.05, 4.69) is 203 Å². The zero-order valence-corrected chi connectivity index (χ0v) is 30.2. The second-order valence-corrected chi connectivity index (χ2v) is 14.2. The third kappa shape index (κ3) is 4.44. The van der Waals surface area contributed by atoms with Gasteiger partial charge in [0.1, 0.15) is 0 Å². The lowest BCUT2D eigenvalue weighted by Gasteiger charge is -2.34. The SMILES string of the molecule is C=Cc1c(C=C)n(-c2ccc(-n3c4ccccc4c4c5c(ccc43)-c3ccc(-c4ccccc4)c4cccc(c34)N5c3ccccc3)cc2)c2ccccc12. The highest BCUT2D eigenvalue weighted by atomic mass is 15.2. The topological polar surface area (TPSA) is 13.1 Å². The van der Waals surface area contributed by atoms with Gasteiger partial charge in [-0.05, 0) is 88.8 Å². The third-order valence-electron chi connectivity index (χ3n) is 11.4. The molecule has 3 heterocycles. The molecule has 8 aromatic carbocycles. The van der Waals surface area contributed by atoms with E-state index in [1.165, 1.54) is 66.1 Å². The molecule has 0 saturated heterocycles. The van der Waals surface area contributed by atoms with Gasteiger partial charge in [-0.15, -0.1) is 0 Å². The number of para-hydroxylation sites is 3. The van der Waals surface area contributed by atoms with E-state index in [0.29, 0.717) is 0 Å². The molecule has 258 valence electrons. The van der Waals surface area contributed by atoms with Crippen LogP contribution in [0.2, 0.25) is 0 Å². The molecule has 0 N–H and O–H groups in total. The van der Waals surface area contributed by atoms with E-state index in [-0.39, 0.29) is 0 Å². The summed E-state index contributed by atoms with van der Waals surface area (Å²) in [7, 11) is 0. The molecule has 0 unspecified atom stereocenters. The van der Waals surface area contributed by atoms with Gasteiger partial charge in [-0.3, -0.25) is 0 Å². The number of hydrogen-bond donors (Lipinski definition) is 0. The predicted octanol–water partition coefficient (Wildman–Crippen LogP) is 14.3. The van der Waals surface area contributed by atoms with Gasteiger partial charge in [-0.25, -0.2) is 0 Å². The zero-order valence-electron chi connectivity index (χ0n) is 30.2. The number of aromatic nitrogens is 2. The molecule has 0 saturated carbocycles. The van der Waals surface area contributed by atoms with Crippen LogP contribution in [0.1, 0.15) is 11.3 Å². The number of hydrogen-bond acceptors (Lipinski definition) is 1. The predicted molar refractivity (Wildman–Crippen MR) is 234 cm³/mol. The van der Waals surface area contributed by atoms with E-state index >= 15 is 0 Å². The molecule has 0 fully saturated rings. The van der Waals surface area contributed by atoms with Gasteiger partial charge >= 0.3 is 0 Å². The highest BCUT2D eigenvalue weighted by molar-refractivity contribution is 6.25. The smallest absolute Gasteiger partial charge is 0.0640 e. The summed E-state index contributed by atoms with van der Waals surface area (Å²) >= 11 is 0. The molecule has 3 nitrogen and oxygen atoms in total. The Morgan fingerprint density at radius 1 is 0.382 bits per heavy atom. The maximum Gasteiger partial charge on any atom is 0.0640 e. The summed E-state index contributed by atoms with van der Waals surface area (Å²) in [5.41, 5.74) is 16.3. The monoisotopic (exact) mass is 701 g/mol. The average Bonchev–Trinajstić information content (AvgIpc) is 3.77. The van der Waals surface area contributed by atoms with Crippen LogP contribution in [0.15, 0.2) is 189 Å². The molecule has 0 bridgehead atoms. The first kappa shape index (κ1) is 31.2. The number of benzene rings is 8. The second kappa shape index (κ2) is 12.1. The van der Waals surface area contributed by atoms with Gasteiger partial charge < -0.3 is 14.0 Å². The van der Waals surface area contributed by atoms with E-state index in [1.807, 2.05) is 12.2 Å². The van der Waals surface area contributed by atoms with Gasteiger partial charge in [0.05, 0.1) is 33.6 Å². The molecule has 3 heteroatoms. The summed E-state index contributed by atoms with van der Waals surface area (Å²) in [6.45, 7) is 8.31.